The van der Waals surface area contributed by atoms with E-state index in [0.29, 0.717) is 37.8 Å². The summed E-state index contributed by atoms with van der Waals surface area (Å²) in [6, 6.07) is 8.99. The monoisotopic (exact) mass is 373 g/mol. The zero-order valence-electron chi connectivity index (χ0n) is 16.5. The molecule has 6 heteroatoms. The zero-order valence-corrected chi connectivity index (χ0v) is 16.5. The Kier molecular flexibility index (Phi) is 6.72. The van der Waals surface area contributed by atoms with Crippen molar-refractivity contribution < 1.29 is 14.3 Å². The van der Waals surface area contributed by atoms with E-state index in [1.165, 1.54) is 12.8 Å². The predicted molar refractivity (Wildman–Crippen MR) is 105 cm³/mol. The zero-order chi connectivity index (χ0) is 19.2. The summed E-state index contributed by atoms with van der Waals surface area (Å²) in [5.41, 5.74) is 0. The van der Waals surface area contributed by atoms with Crippen molar-refractivity contribution in [2.75, 3.05) is 39.3 Å². The Morgan fingerprint density at radius 2 is 1.81 bits per heavy atom. The number of amides is 2. The van der Waals surface area contributed by atoms with Gasteiger partial charge in [-0.2, -0.15) is 0 Å². The fraction of sp³-hybridized carbons (Fsp3) is 0.619. The van der Waals surface area contributed by atoms with Crippen molar-refractivity contribution in [3.05, 3.63) is 30.3 Å². The molecule has 1 aromatic carbocycles. The lowest BCUT2D eigenvalue weighted by Crippen LogP contribution is -2.56. The topological polar surface area (TPSA) is 53.1 Å². The Morgan fingerprint density at radius 1 is 1.15 bits per heavy atom. The molecule has 0 N–H and O–H groups in total. The molecule has 2 fully saturated rings. The van der Waals surface area contributed by atoms with Crippen molar-refractivity contribution in [1.82, 2.24) is 14.7 Å². The standard InChI is InChI=1S/C21H31N3O3/c1-3-11-24(16-18-9-10-18)20(25)17(2)22-12-14-23(15-13-22)21(26)27-19-7-5-4-6-8-19/h4-8,17-18H,3,9-16H2,1-2H3. The van der Waals surface area contributed by atoms with E-state index in [2.05, 4.69) is 11.8 Å². The van der Waals surface area contributed by atoms with Crippen LogP contribution in [0.5, 0.6) is 5.75 Å². The Morgan fingerprint density at radius 3 is 2.41 bits per heavy atom. The van der Waals surface area contributed by atoms with E-state index < -0.39 is 0 Å². The fourth-order valence-electron chi connectivity index (χ4n) is 3.54. The van der Waals surface area contributed by atoms with Crippen molar-refractivity contribution in [2.45, 2.75) is 39.2 Å². The highest BCUT2D eigenvalue weighted by molar-refractivity contribution is 5.81. The molecule has 1 saturated carbocycles. The molecular weight excluding hydrogens is 342 g/mol. The summed E-state index contributed by atoms with van der Waals surface area (Å²) in [5.74, 6) is 1.49. The van der Waals surface area contributed by atoms with E-state index in [4.69, 9.17) is 4.74 Å². The average molecular weight is 373 g/mol. The first kappa shape index (κ1) is 19.7. The van der Waals surface area contributed by atoms with Gasteiger partial charge in [0.25, 0.3) is 0 Å². The second-order valence-corrected chi connectivity index (χ2v) is 7.61. The van der Waals surface area contributed by atoms with Gasteiger partial charge in [0.05, 0.1) is 6.04 Å². The largest absolute Gasteiger partial charge is 0.415 e. The number of hydrogen-bond donors (Lipinski definition) is 0. The highest BCUT2D eigenvalue weighted by Crippen LogP contribution is 2.30. The maximum Gasteiger partial charge on any atom is 0.415 e. The van der Waals surface area contributed by atoms with Gasteiger partial charge >= 0.3 is 6.09 Å². The summed E-state index contributed by atoms with van der Waals surface area (Å²) in [5, 5.41) is 0. The van der Waals surface area contributed by atoms with E-state index in [9.17, 15) is 9.59 Å². The van der Waals surface area contributed by atoms with Crippen molar-refractivity contribution in [3.8, 4) is 5.75 Å². The van der Waals surface area contributed by atoms with Crippen molar-refractivity contribution in [1.29, 1.82) is 0 Å². The number of benzene rings is 1. The van der Waals surface area contributed by atoms with Gasteiger partial charge in [-0.25, -0.2) is 4.79 Å². The second-order valence-electron chi connectivity index (χ2n) is 7.61. The average Bonchev–Trinajstić information content (AvgIpc) is 3.51. The van der Waals surface area contributed by atoms with Gasteiger partial charge in [-0.05, 0) is 44.2 Å². The number of carbonyl (C=O) groups is 2. The molecular formula is C21H31N3O3. The van der Waals surface area contributed by atoms with Crippen LogP contribution in [0.15, 0.2) is 30.3 Å². The first-order valence-electron chi connectivity index (χ1n) is 10.1. The molecule has 1 heterocycles. The van der Waals surface area contributed by atoms with Gasteiger partial charge in [0.1, 0.15) is 5.75 Å². The van der Waals surface area contributed by atoms with E-state index in [1.807, 2.05) is 30.0 Å². The number of para-hydroxylation sites is 1. The number of hydrogen-bond acceptors (Lipinski definition) is 4. The third-order valence-corrected chi connectivity index (χ3v) is 5.41. The molecule has 1 aliphatic heterocycles. The number of ether oxygens (including phenoxy) is 1. The molecule has 27 heavy (non-hydrogen) atoms. The molecule has 1 aliphatic carbocycles. The van der Waals surface area contributed by atoms with Gasteiger partial charge in [0.2, 0.25) is 5.91 Å². The molecule has 2 amide bonds. The molecule has 0 aromatic heterocycles. The Labute approximate surface area is 162 Å². The minimum absolute atomic E-state index is 0.136. The van der Waals surface area contributed by atoms with E-state index >= 15 is 0 Å². The van der Waals surface area contributed by atoms with Crippen LogP contribution in [0.3, 0.4) is 0 Å². The first-order valence-corrected chi connectivity index (χ1v) is 10.1. The summed E-state index contributed by atoms with van der Waals surface area (Å²) < 4.78 is 5.41. The van der Waals surface area contributed by atoms with E-state index in [-0.39, 0.29) is 18.0 Å². The molecule has 3 rings (SSSR count). The normalized spacial score (nSPS) is 18.8. The van der Waals surface area contributed by atoms with Crippen LogP contribution in [0.25, 0.3) is 0 Å². The maximum absolute atomic E-state index is 12.9. The van der Waals surface area contributed by atoms with Crippen molar-refractivity contribution >= 4 is 12.0 Å². The van der Waals surface area contributed by atoms with E-state index in [1.54, 1.807) is 17.0 Å². The SMILES string of the molecule is CCCN(CC1CC1)C(=O)C(C)N1CCN(C(=O)Oc2ccccc2)CC1. The second kappa shape index (κ2) is 9.22. The summed E-state index contributed by atoms with van der Waals surface area (Å²) in [4.78, 5) is 31.2. The van der Waals surface area contributed by atoms with Gasteiger partial charge in [-0.1, -0.05) is 25.1 Å². The maximum atomic E-state index is 12.9. The van der Waals surface area contributed by atoms with Gasteiger partial charge in [0.15, 0.2) is 0 Å². The molecule has 6 nitrogen and oxygen atoms in total. The van der Waals surface area contributed by atoms with Crippen LogP contribution in [0.4, 0.5) is 4.79 Å². The van der Waals surface area contributed by atoms with Crippen LogP contribution in [-0.4, -0.2) is 72.0 Å². The highest BCUT2D eigenvalue weighted by Gasteiger charge is 2.32. The lowest BCUT2D eigenvalue weighted by Gasteiger charge is -2.38. The van der Waals surface area contributed by atoms with Crippen LogP contribution in [0.1, 0.15) is 33.1 Å². The van der Waals surface area contributed by atoms with Crippen molar-refractivity contribution in [3.63, 3.8) is 0 Å². The first-order chi connectivity index (χ1) is 13.1. The Bertz CT molecular complexity index is 625. The lowest BCUT2D eigenvalue weighted by atomic mass is 10.2. The third kappa shape index (κ3) is 5.45. The number of rotatable bonds is 7. The molecule has 2 aliphatic rings. The summed E-state index contributed by atoms with van der Waals surface area (Å²) in [6.45, 7) is 8.41. The molecule has 1 aromatic rings. The predicted octanol–water partition coefficient (Wildman–Crippen LogP) is 2.84. The molecule has 1 atom stereocenters. The summed E-state index contributed by atoms with van der Waals surface area (Å²) >= 11 is 0. The fourth-order valence-corrected chi connectivity index (χ4v) is 3.54. The minimum Gasteiger partial charge on any atom is -0.410 e. The number of carbonyl (C=O) groups excluding carboxylic acids is 2. The van der Waals surface area contributed by atoms with Crippen LogP contribution in [0.2, 0.25) is 0 Å². The quantitative estimate of drug-likeness (QED) is 0.737. The molecule has 0 bridgehead atoms. The summed E-state index contributed by atoms with van der Waals surface area (Å²) in [7, 11) is 0. The number of nitrogens with zero attached hydrogens (tertiary/aromatic N) is 3. The smallest absolute Gasteiger partial charge is 0.410 e. The molecule has 0 radical (unpaired) electrons. The van der Waals surface area contributed by atoms with Gasteiger partial charge < -0.3 is 14.5 Å². The van der Waals surface area contributed by atoms with Gasteiger partial charge in [-0.15, -0.1) is 0 Å². The van der Waals surface area contributed by atoms with Crippen molar-refractivity contribution in [2.24, 2.45) is 5.92 Å². The lowest BCUT2D eigenvalue weighted by molar-refractivity contribution is -0.137. The summed E-state index contributed by atoms with van der Waals surface area (Å²) in [6.07, 6.45) is 3.18. The van der Waals surface area contributed by atoms with Crippen LogP contribution < -0.4 is 4.74 Å². The van der Waals surface area contributed by atoms with E-state index in [0.717, 1.165) is 19.5 Å². The molecule has 1 unspecified atom stereocenters. The van der Waals surface area contributed by atoms with Gasteiger partial charge in [0, 0.05) is 39.3 Å². The van der Waals surface area contributed by atoms with Gasteiger partial charge in [-0.3, -0.25) is 9.69 Å². The molecule has 0 spiro atoms. The van der Waals surface area contributed by atoms with Crippen LogP contribution in [-0.2, 0) is 4.79 Å². The third-order valence-electron chi connectivity index (χ3n) is 5.41. The Balaban J connectivity index is 1.48. The minimum atomic E-state index is -0.318. The van der Waals surface area contributed by atoms with Crippen LogP contribution in [0, 0.1) is 5.92 Å². The Hall–Kier alpha value is -2.08. The molecule has 148 valence electrons. The number of piperazine rings is 1. The van der Waals surface area contributed by atoms with Crippen LogP contribution >= 0.6 is 0 Å². The molecule has 1 saturated heterocycles. The highest BCUT2D eigenvalue weighted by atomic mass is 16.6.